The van der Waals surface area contributed by atoms with Gasteiger partial charge in [-0.25, -0.2) is 0 Å². The number of likely N-dealkylation sites (N-methyl/N-ethyl adjacent to an activating group) is 1. The van der Waals surface area contributed by atoms with Crippen molar-refractivity contribution in [3.63, 3.8) is 0 Å². The zero-order valence-electron chi connectivity index (χ0n) is 15.4. The van der Waals surface area contributed by atoms with Crippen LogP contribution in [0.15, 0.2) is 42.2 Å². The van der Waals surface area contributed by atoms with Crippen LogP contribution in [0.4, 0.5) is 0 Å². The second-order valence-corrected chi connectivity index (χ2v) is 6.50. The summed E-state index contributed by atoms with van der Waals surface area (Å²) in [5.74, 6) is 0.786. The average molecular weight is 343 g/mol. The summed E-state index contributed by atoms with van der Waals surface area (Å²) in [5.41, 5.74) is 1.32. The topological polar surface area (TPSA) is 71.5 Å². The molecule has 6 heteroatoms. The minimum Gasteiger partial charge on any atom is -0.375 e. The van der Waals surface area contributed by atoms with Gasteiger partial charge >= 0.3 is 0 Å². The van der Waals surface area contributed by atoms with Gasteiger partial charge in [-0.15, -0.1) is 0 Å². The number of piperidine rings is 1. The molecule has 1 fully saturated rings. The summed E-state index contributed by atoms with van der Waals surface area (Å²) >= 11 is 0. The fraction of sp³-hybridized carbons (Fsp3) is 0.474. The smallest absolute Gasteiger partial charge is 0.222 e. The van der Waals surface area contributed by atoms with Crippen LogP contribution >= 0.6 is 0 Å². The second-order valence-electron chi connectivity index (χ2n) is 6.50. The van der Waals surface area contributed by atoms with Crippen molar-refractivity contribution in [2.45, 2.75) is 32.4 Å². The van der Waals surface area contributed by atoms with E-state index in [-0.39, 0.29) is 5.91 Å². The molecule has 25 heavy (non-hydrogen) atoms. The van der Waals surface area contributed by atoms with Gasteiger partial charge in [0.05, 0.1) is 0 Å². The minimum absolute atomic E-state index is 0.150. The Bertz CT molecular complexity index is 614. The van der Waals surface area contributed by atoms with Crippen molar-refractivity contribution in [1.29, 1.82) is 5.41 Å². The van der Waals surface area contributed by atoms with E-state index in [1.165, 1.54) is 12.5 Å². The van der Waals surface area contributed by atoms with Crippen LogP contribution in [0.2, 0.25) is 0 Å². The SMILES string of the molecule is CN/C(=C\C(=N)N(C)[C@H]1CCCN(Cc2ccccc2)C1)NC(C)=O. The van der Waals surface area contributed by atoms with Gasteiger partial charge in [0.15, 0.2) is 0 Å². The molecule has 1 aliphatic rings. The molecule has 1 heterocycles. The highest BCUT2D eigenvalue weighted by molar-refractivity contribution is 5.91. The van der Waals surface area contributed by atoms with Crippen LogP contribution in [0.3, 0.4) is 0 Å². The van der Waals surface area contributed by atoms with Crippen molar-refractivity contribution in [1.82, 2.24) is 20.4 Å². The van der Waals surface area contributed by atoms with E-state index in [9.17, 15) is 4.79 Å². The van der Waals surface area contributed by atoms with Gasteiger partial charge in [0.1, 0.15) is 11.7 Å². The van der Waals surface area contributed by atoms with Gasteiger partial charge in [-0.1, -0.05) is 30.3 Å². The number of amidine groups is 1. The predicted octanol–water partition coefficient (Wildman–Crippen LogP) is 1.76. The first-order valence-electron chi connectivity index (χ1n) is 8.74. The van der Waals surface area contributed by atoms with Crippen molar-refractivity contribution >= 4 is 11.7 Å². The molecule has 6 nitrogen and oxygen atoms in total. The van der Waals surface area contributed by atoms with E-state index < -0.39 is 0 Å². The molecule has 1 saturated heterocycles. The van der Waals surface area contributed by atoms with E-state index in [2.05, 4.69) is 39.8 Å². The van der Waals surface area contributed by atoms with Crippen molar-refractivity contribution in [2.75, 3.05) is 27.2 Å². The van der Waals surface area contributed by atoms with Crippen LogP contribution in [-0.4, -0.2) is 54.8 Å². The molecule has 0 unspecified atom stereocenters. The Balaban J connectivity index is 1.96. The molecule has 136 valence electrons. The molecule has 0 saturated carbocycles. The van der Waals surface area contributed by atoms with Crippen molar-refractivity contribution in [3.8, 4) is 0 Å². The number of amides is 1. The molecule has 1 amide bonds. The first-order chi connectivity index (χ1) is 12.0. The molecular formula is C19H29N5O. The molecule has 0 spiro atoms. The van der Waals surface area contributed by atoms with E-state index in [0.29, 0.717) is 17.7 Å². The Morgan fingerprint density at radius 3 is 2.76 bits per heavy atom. The number of carbonyl (C=O) groups excluding carboxylic acids is 1. The number of carbonyl (C=O) groups is 1. The van der Waals surface area contributed by atoms with E-state index in [0.717, 1.165) is 32.5 Å². The number of nitrogens with one attached hydrogen (secondary N) is 3. The van der Waals surface area contributed by atoms with Crippen LogP contribution in [0, 0.1) is 5.41 Å². The summed E-state index contributed by atoms with van der Waals surface area (Å²) in [5, 5.41) is 13.9. The molecule has 2 rings (SSSR count). The molecule has 0 aliphatic carbocycles. The molecule has 1 aliphatic heterocycles. The largest absolute Gasteiger partial charge is 0.375 e. The van der Waals surface area contributed by atoms with Crippen LogP contribution in [0.25, 0.3) is 0 Å². The molecular weight excluding hydrogens is 314 g/mol. The third kappa shape index (κ3) is 5.90. The summed E-state index contributed by atoms with van der Waals surface area (Å²) in [6.45, 7) is 4.44. The second kappa shape index (κ2) is 9.22. The maximum absolute atomic E-state index is 11.2. The monoisotopic (exact) mass is 343 g/mol. The van der Waals surface area contributed by atoms with Gasteiger partial charge in [0, 0.05) is 46.2 Å². The number of hydrogen-bond donors (Lipinski definition) is 3. The fourth-order valence-corrected chi connectivity index (χ4v) is 3.13. The Kier molecular flexibility index (Phi) is 7.01. The normalized spacial score (nSPS) is 18.5. The molecule has 1 atom stereocenters. The van der Waals surface area contributed by atoms with Crippen LogP contribution in [-0.2, 0) is 11.3 Å². The van der Waals surface area contributed by atoms with Crippen molar-refractivity contribution < 1.29 is 4.79 Å². The molecule has 0 radical (unpaired) electrons. The predicted molar refractivity (Wildman–Crippen MR) is 101 cm³/mol. The van der Waals surface area contributed by atoms with Gasteiger partial charge in [0.2, 0.25) is 5.91 Å². The third-order valence-corrected chi connectivity index (χ3v) is 4.52. The lowest BCUT2D eigenvalue weighted by Crippen LogP contribution is -2.48. The number of rotatable bonds is 6. The summed E-state index contributed by atoms with van der Waals surface area (Å²) in [7, 11) is 3.69. The first kappa shape index (κ1) is 19.0. The fourth-order valence-electron chi connectivity index (χ4n) is 3.13. The van der Waals surface area contributed by atoms with Gasteiger partial charge in [-0.3, -0.25) is 15.1 Å². The van der Waals surface area contributed by atoms with Crippen LogP contribution < -0.4 is 10.6 Å². The summed E-state index contributed by atoms with van der Waals surface area (Å²) < 4.78 is 0. The van der Waals surface area contributed by atoms with Gasteiger partial charge in [0.25, 0.3) is 0 Å². The van der Waals surface area contributed by atoms with Crippen molar-refractivity contribution in [3.05, 3.63) is 47.8 Å². The zero-order chi connectivity index (χ0) is 18.2. The Morgan fingerprint density at radius 2 is 2.12 bits per heavy atom. The summed E-state index contributed by atoms with van der Waals surface area (Å²) in [6, 6.07) is 10.8. The maximum Gasteiger partial charge on any atom is 0.222 e. The Morgan fingerprint density at radius 1 is 1.40 bits per heavy atom. The van der Waals surface area contributed by atoms with Gasteiger partial charge in [-0.2, -0.15) is 0 Å². The van der Waals surface area contributed by atoms with Gasteiger partial charge in [-0.05, 0) is 24.9 Å². The Hall–Kier alpha value is -2.34. The standard InChI is InChI=1S/C19H29N5O/c1-15(25)22-19(21-2)12-18(20)23(3)17-10-7-11-24(14-17)13-16-8-5-4-6-9-16/h4-6,8-9,12,17,20-21H,7,10-11,13-14H2,1-3H3,(H,22,25)/b19-12+,20-18?/t17-/m0/s1. The van der Waals surface area contributed by atoms with Crippen LogP contribution in [0.1, 0.15) is 25.3 Å². The lowest BCUT2D eigenvalue weighted by molar-refractivity contribution is -0.118. The third-order valence-electron chi connectivity index (χ3n) is 4.52. The number of benzene rings is 1. The van der Waals surface area contributed by atoms with E-state index in [1.54, 1.807) is 13.1 Å². The van der Waals surface area contributed by atoms with Crippen LogP contribution in [0.5, 0.6) is 0 Å². The van der Waals surface area contributed by atoms with E-state index in [1.807, 2.05) is 18.0 Å². The maximum atomic E-state index is 11.2. The average Bonchev–Trinajstić information content (AvgIpc) is 2.61. The van der Waals surface area contributed by atoms with Crippen molar-refractivity contribution in [2.24, 2.45) is 0 Å². The van der Waals surface area contributed by atoms with Gasteiger partial charge < -0.3 is 15.5 Å². The molecule has 0 aromatic heterocycles. The van der Waals surface area contributed by atoms with E-state index in [4.69, 9.17) is 5.41 Å². The highest BCUT2D eigenvalue weighted by Crippen LogP contribution is 2.17. The van der Waals surface area contributed by atoms with E-state index >= 15 is 0 Å². The number of nitrogens with zero attached hydrogens (tertiary/aromatic N) is 2. The summed E-state index contributed by atoms with van der Waals surface area (Å²) in [6.07, 6.45) is 3.87. The highest BCUT2D eigenvalue weighted by atomic mass is 16.1. The lowest BCUT2D eigenvalue weighted by Gasteiger charge is -2.38. The number of hydrogen-bond acceptors (Lipinski definition) is 4. The highest BCUT2D eigenvalue weighted by Gasteiger charge is 2.24. The number of likely N-dealkylation sites (tertiary alicyclic amines) is 1. The Labute approximate surface area is 150 Å². The molecule has 1 aromatic rings. The lowest BCUT2D eigenvalue weighted by atomic mass is 10.0. The molecule has 1 aromatic carbocycles. The molecule has 0 bridgehead atoms. The zero-order valence-corrected chi connectivity index (χ0v) is 15.4. The molecule has 3 N–H and O–H groups in total. The quantitative estimate of drug-likeness (QED) is 0.544. The first-order valence-corrected chi connectivity index (χ1v) is 8.74. The minimum atomic E-state index is -0.150. The summed E-state index contributed by atoms with van der Waals surface area (Å²) in [4.78, 5) is 15.6.